The van der Waals surface area contributed by atoms with Crippen molar-refractivity contribution in [3.05, 3.63) is 43.0 Å². The summed E-state index contributed by atoms with van der Waals surface area (Å²) in [6.45, 7) is 4.95. The second kappa shape index (κ2) is 8.21. The molecule has 9 heteroatoms. The monoisotopic (exact) mass is 404 g/mol. The molecule has 4 heterocycles. The van der Waals surface area contributed by atoms with Crippen molar-refractivity contribution < 1.29 is 5.11 Å². The van der Waals surface area contributed by atoms with Crippen LogP contribution in [0.25, 0.3) is 33.4 Å². The van der Waals surface area contributed by atoms with Crippen LogP contribution in [-0.4, -0.2) is 79.7 Å². The summed E-state index contributed by atoms with van der Waals surface area (Å²) in [5.41, 5.74) is 4.70. The number of hydrogen-bond acceptors (Lipinski definition) is 7. The van der Waals surface area contributed by atoms with Gasteiger partial charge in [-0.25, -0.2) is 9.97 Å². The van der Waals surface area contributed by atoms with Crippen LogP contribution in [-0.2, 0) is 0 Å². The maximum atomic E-state index is 9.03. The van der Waals surface area contributed by atoms with E-state index in [4.69, 9.17) is 5.11 Å². The summed E-state index contributed by atoms with van der Waals surface area (Å²) < 4.78 is 0. The summed E-state index contributed by atoms with van der Waals surface area (Å²) in [6.07, 6.45) is 6.13. The Labute approximate surface area is 173 Å². The zero-order chi connectivity index (χ0) is 20.3. The largest absolute Gasteiger partial charge is 0.396 e. The third-order valence-corrected chi connectivity index (χ3v) is 5.62. The number of fused-ring (bicyclic) bond motifs is 1. The first-order valence-corrected chi connectivity index (χ1v) is 10.2. The quantitative estimate of drug-likeness (QED) is 0.450. The van der Waals surface area contributed by atoms with Crippen LogP contribution in [0, 0.1) is 0 Å². The summed E-state index contributed by atoms with van der Waals surface area (Å²) >= 11 is 0. The Morgan fingerprint density at radius 1 is 1.03 bits per heavy atom. The molecule has 154 valence electrons. The molecule has 0 spiro atoms. The predicted molar refractivity (Wildman–Crippen MR) is 115 cm³/mol. The Bertz CT molecular complexity index is 1120. The topological polar surface area (TPSA) is 110 Å². The van der Waals surface area contributed by atoms with Crippen LogP contribution < -0.4 is 4.90 Å². The number of aliphatic hydroxyl groups excluding tert-OH is 1. The molecule has 1 aliphatic rings. The number of rotatable bonds is 6. The van der Waals surface area contributed by atoms with Crippen LogP contribution in [0.1, 0.15) is 6.42 Å². The minimum absolute atomic E-state index is 0.245. The summed E-state index contributed by atoms with van der Waals surface area (Å²) in [7, 11) is 0. The molecule has 1 aliphatic heterocycles. The van der Waals surface area contributed by atoms with E-state index in [9.17, 15) is 0 Å². The Hall–Kier alpha value is -3.30. The molecule has 5 rings (SSSR count). The van der Waals surface area contributed by atoms with Gasteiger partial charge >= 0.3 is 0 Å². The van der Waals surface area contributed by atoms with Crippen molar-refractivity contribution >= 4 is 16.7 Å². The number of aromatic amines is 2. The van der Waals surface area contributed by atoms with Gasteiger partial charge in [-0.2, -0.15) is 10.2 Å². The van der Waals surface area contributed by atoms with Crippen molar-refractivity contribution in [2.75, 3.05) is 44.2 Å². The van der Waals surface area contributed by atoms with E-state index in [1.165, 1.54) is 0 Å². The van der Waals surface area contributed by atoms with E-state index < -0.39 is 0 Å². The Kier molecular flexibility index (Phi) is 5.12. The zero-order valence-electron chi connectivity index (χ0n) is 16.6. The first-order chi connectivity index (χ1) is 14.8. The van der Waals surface area contributed by atoms with Gasteiger partial charge in [0.2, 0.25) is 0 Å². The maximum Gasteiger partial charge on any atom is 0.132 e. The number of benzene rings is 1. The molecule has 0 atom stereocenters. The second-order valence-corrected chi connectivity index (χ2v) is 7.49. The lowest BCUT2D eigenvalue weighted by molar-refractivity contribution is 0.215. The van der Waals surface area contributed by atoms with E-state index in [2.05, 4.69) is 52.3 Å². The van der Waals surface area contributed by atoms with E-state index >= 15 is 0 Å². The fourth-order valence-electron chi connectivity index (χ4n) is 3.94. The SMILES string of the molecule is OCCCN1CCN(c2cc(-c3n[nH]c4ccc(-c5cn[nH]c5)cc34)ncn2)CC1. The fraction of sp³-hybridized carbons (Fsp3) is 0.333. The van der Waals surface area contributed by atoms with Crippen molar-refractivity contribution in [3.63, 3.8) is 0 Å². The number of anilines is 1. The molecule has 1 saturated heterocycles. The normalized spacial score (nSPS) is 15.2. The second-order valence-electron chi connectivity index (χ2n) is 7.49. The standard InChI is InChI=1S/C21H24N8O/c30-9-1-4-28-5-7-29(8-6-28)20-11-19(22-14-23-20)21-17-10-15(16-12-24-25-13-16)2-3-18(17)26-27-21/h2-3,10-14,30H,1,4-9H2,(H,24,25)(H,26,27). The van der Waals surface area contributed by atoms with Gasteiger partial charge in [-0.1, -0.05) is 6.07 Å². The third kappa shape index (κ3) is 3.64. The van der Waals surface area contributed by atoms with Gasteiger partial charge in [0.15, 0.2) is 0 Å². The number of aromatic nitrogens is 6. The summed E-state index contributed by atoms with van der Waals surface area (Å²) in [5.74, 6) is 0.920. The molecule has 30 heavy (non-hydrogen) atoms. The Morgan fingerprint density at radius 3 is 2.73 bits per heavy atom. The number of piperazine rings is 1. The van der Waals surface area contributed by atoms with Crippen molar-refractivity contribution in [1.29, 1.82) is 0 Å². The molecule has 0 unspecified atom stereocenters. The highest BCUT2D eigenvalue weighted by Crippen LogP contribution is 2.30. The first kappa shape index (κ1) is 18.7. The van der Waals surface area contributed by atoms with Crippen LogP contribution in [0.5, 0.6) is 0 Å². The van der Waals surface area contributed by atoms with Gasteiger partial charge in [-0.05, 0) is 24.1 Å². The number of nitrogens with zero attached hydrogens (tertiary/aromatic N) is 6. The minimum atomic E-state index is 0.245. The first-order valence-electron chi connectivity index (χ1n) is 10.2. The molecular formula is C21H24N8O. The molecule has 0 radical (unpaired) electrons. The molecular weight excluding hydrogens is 380 g/mol. The molecule has 9 nitrogen and oxygen atoms in total. The molecule has 0 bridgehead atoms. The van der Waals surface area contributed by atoms with Gasteiger partial charge in [-0.15, -0.1) is 0 Å². The summed E-state index contributed by atoms with van der Waals surface area (Å²) in [5, 5.41) is 24.6. The molecule has 0 saturated carbocycles. The molecule has 3 N–H and O–H groups in total. The Balaban J connectivity index is 1.40. The highest BCUT2D eigenvalue weighted by atomic mass is 16.3. The highest BCUT2D eigenvalue weighted by molar-refractivity contribution is 5.95. The van der Waals surface area contributed by atoms with Crippen LogP contribution in [0.2, 0.25) is 0 Å². The minimum Gasteiger partial charge on any atom is -0.396 e. The summed E-state index contributed by atoms with van der Waals surface area (Å²) in [6, 6.07) is 8.21. The number of H-pyrrole nitrogens is 2. The molecule has 0 aliphatic carbocycles. The molecule has 4 aromatic rings. The predicted octanol–water partition coefficient (Wildman–Crippen LogP) is 1.91. The number of nitrogens with one attached hydrogen (secondary N) is 2. The molecule has 3 aromatic heterocycles. The van der Waals surface area contributed by atoms with Crippen LogP contribution in [0.15, 0.2) is 43.0 Å². The maximum absolute atomic E-state index is 9.03. The van der Waals surface area contributed by atoms with E-state index in [1.54, 1.807) is 6.33 Å². The Morgan fingerprint density at radius 2 is 1.93 bits per heavy atom. The number of hydrogen-bond donors (Lipinski definition) is 3. The van der Waals surface area contributed by atoms with Gasteiger partial charge in [-0.3, -0.25) is 15.1 Å². The van der Waals surface area contributed by atoms with Crippen molar-refractivity contribution in [2.24, 2.45) is 0 Å². The van der Waals surface area contributed by atoms with Gasteiger partial charge in [0, 0.05) is 62.5 Å². The van der Waals surface area contributed by atoms with Gasteiger partial charge in [0.05, 0.1) is 17.4 Å². The lowest BCUT2D eigenvalue weighted by Crippen LogP contribution is -2.47. The number of aliphatic hydroxyl groups is 1. The van der Waals surface area contributed by atoms with Crippen LogP contribution in [0.4, 0.5) is 5.82 Å². The van der Waals surface area contributed by atoms with Crippen molar-refractivity contribution in [2.45, 2.75) is 6.42 Å². The third-order valence-electron chi connectivity index (χ3n) is 5.62. The van der Waals surface area contributed by atoms with Crippen LogP contribution >= 0.6 is 0 Å². The van der Waals surface area contributed by atoms with E-state index in [0.29, 0.717) is 0 Å². The zero-order valence-corrected chi connectivity index (χ0v) is 16.6. The van der Waals surface area contributed by atoms with Gasteiger partial charge in [0.1, 0.15) is 17.8 Å². The van der Waals surface area contributed by atoms with E-state index in [1.807, 2.05) is 24.5 Å². The fourth-order valence-corrected chi connectivity index (χ4v) is 3.94. The average Bonchev–Trinajstić information content (AvgIpc) is 3.48. The summed E-state index contributed by atoms with van der Waals surface area (Å²) in [4.78, 5) is 13.7. The lowest BCUT2D eigenvalue weighted by Gasteiger charge is -2.35. The van der Waals surface area contributed by atoms with Gasteiger partial charge < -0.3 is 10.0 Å². The van der Waals surface area contributed by atoms with Crippen molar-refractivity contribution in [1.82, 2.24) is 35.3 Å². The van der Waals surface area contributed by atoms with Crippen molar-refractivity contribution in [3.8, 4) is 22.5 Å². The van der Waals surface area contributed by atoms with Gasteiger partial charge in [0.25, 0.3) is 0 Å². The molecule has 1 aromatic carbocycles. The molecule has 0 amide bonds. The smallest absolute Gasteiger partial charge is 0.132 e. The average molecular weight is 404 g/mol. The van der Waals surface area contributed by atoms with Crippen LogP contribution in [0.3, 0.4) is 0 Å². The van der Waals surface area contributed by atoms with E-state index in [-0.39, 0.29) is 6.61 Å². The highest BCUT2D eigenvalue weighted by Gasteiger charge is 2.19. The lowest BCUT2D eigenvalue weighted by atomic mass is 10.1. The molecule has 1 fully saturated rings. The van der Waals surface area contributed by atoms with E-state index in [0.717, 1.165) is 78.4 Å².